The summed E-state index contributed by atoms with van der Waals surface area (Å²) in [5, 5.41) is 2.96. The maximum absolute atomic E-state index is 12.9. The molecule has 0 fully saturated rings. The Labute approximate surface area is 151 Å². The number of hydrogen-bond acceptors (Lipinski definition) is 4. The number of methoxy groups -OCH3 is 2. The molecule has 2 aromatic carbocycles. The summed E-state index contributed by atoms with van der Waals surface area (Å²) in [4.78, 5) is 12.1. The SMILES string of the molecule is COc1ccc(C(C)NC(=O)CSCc2ccc(F)cc2)cc1OC. The van der Waals surface area contributed by atoms with Crippen LogP contribution in [0.1, 0.15) is 24.1 Å². The van der Waals surface area contributed by atoms with Gasteiger partial charge in [-0.15, -0.1) is 11.8 Å². The second kappa shape index (κ2) is 9.32. The van der Waals surface area contributed by atoms with Gasteiger partial charge in [0.05, 0.1) is 26.0 Å². The molecule has 2 rings (SSSR count). The number of halogens is 1. The highest BCUT2D eigenvalue weighted by Crippen LogP contribution is 2.29. The summed E-state index contributed by atoms with van der Waals surface area (Å²) in [5.74, 6) is 1.99. The van der Waals surface area contributed by atoms with Crippen LogP contribution in [0.3, 0.4) is 0 Å². The normalized spacial score (nSPS) is 11.7. The predicted octanol–water partition coefficient (Wildman–Crippen LogP) is 3.95. The monoisotopic (exact) mass is 363 g/mol. The molecule has 0 bridgehead atoms. The Balaban J connectivity index is 1.84. The predicted molar refractivity (Wildman–Crippen MR) is 98.7 cm³/mol. The van der Waals surface area contributed by atoms with E-state index in [1.807, 2.05) is 25.1 Å². The van der Waals surface area contributed by atoms with Crippen LogP contribution in [-0.2, 0) is 10.5 Å². The van der Waals surface area contributed by atoms with E-state index < -0.39 is 0 Å². The molecule has 6 heteroatoms. The van der Waals surface area contributed by atoms with Crippen LogP contribution < -0.4 is 14.8 Å². The minimum atomic E-state index is -0.254. The first-order valence-corrected chi connectivity index (χ1v) is 9.02. The number of carbonyl (C=O) groups excluding carboxylic acids is 1. The molecule has 0 spiro atoms. The lowest BCUT2D eigenvalue weighted by atomic mass is 10.1. The third-order valence-corrected chi connectivity index (χ3v) is 4.70. The molecule has 0 saturated heterocycles. The third-order valence-electron chi connectivity index (χ3n) is 3.70. The number of rotatable bonds is 8. The van der Waals surface area contributed by atoms with Gasteiger partial charge in [-0.1, -0.05) is 18.2 Å². The molecule has 134 valence electrons. The third kappa shape index (κ3) is 5.67. The molecular weight excluding hydrogens is 341 g/mol. The molecule has 4 nitrogen and oxygen atoms in total. The summed E-state index contributed by atoms with van der Waals surface area (Å²) < 4.78 is 23.4. The van der Waals surface area contributed by atoms with E-state index in [9.17, 15) is 9.18 Å². The van der Waals surface area contributed by atoms with Gasteiger partial charge in [-0.25, -0.2) is 4.39 Å². The van der Waals surface area contributed by atoms with Crippen molar-refractivity contribution in [3.05, 3.63) is 59.4 Å². The number of benzene rings is 2. The first-order chi connectivity index (χ1) is 12.0. The second-order valence-electron chi connectivity index (χ2n) is 5.52. The van der Waals surface area contributed by atoms with Crippen molar-refractivity contribution in [1.82, 2.24) is 5.32 Å². The Morgan fingerprint density at radius 2 is 1.80 bits per heavy atom. The molecule has 0 aromatic heterocycles. The molecule has 0 aliphatic heterocycles. The minimum Gasteiger partial charge on any atom is -0.493 e. The molecule has 0 aliphatic carbocycles. The van der Waals surface area contributed by atoms with Crippen molar-refractivity contribution in [2.24, 2.45) is 0 Å². The average Bonchev–Trinajstić information content (AvgIpc) is 2.62. The zero-order chi connectivity index (χ0) is 18.2. The lowest BCUT2D eigenvalue weighted by Crippen LogP contribution is -2.28. The highest BCUT2D eigenvalue weighted by atomic mass is 32.2. The van der Waals surface area contributed by atoms with Crippen LogP contribution in [0.2, 0.25) is 0 Å². The molecule has 25 heavy (non-hydrogen) atoms. The number of nitrogens with one attached hydrogen (secondary N) is 1. The summed E-state index contributed by atoms with van der Waals surface area (Å²) >= 11 is 1.49. The number of carbonyl (C=O) groups is 1. The maximum atomic E-state index is 12.9. The first kappa shape index (κ1) is 19.1. The van der Waals surface area contributed by atoms with Gasteiger partial charge in [0.25, 0.3) is 0 Å². The highest BCUT2D eigenvalue weighted by molar-refractivity contribution is 7.99. The van der Waals surface area contributed by atoms with Gasteiger partial charge in [-0.3, -0.25) is 4.79 Å². The smallest absolute Gasteiger partial charge is 0.230 e. The van der Waals surface area contributed by atoms with Crippen LogP contribution in [-0.4, -0.2) is 25.9 Å². The lowest BCUT2D eigenvalue weighted by molar-refractivity contribution is -0.119. The van der Waals surface area contributed by atoms with Crippen molar-refractivity contribution >= 4 is 17.7 Å². The summed E-state index contributed by atoms with van der Waals surface area (Å²) in [7, 11) is 3.16. The van der Waals surface area contributed by atoms with Crippen molar-refractivity contribution in [3.8, 4) is 11.5 Å². The molecule has 2 aromatic rings. The van der Waals surface area contributed by atoms with Crippen molar-refractivity contribution < 1.29 is 18.7 Å². The van der Waals surface area contributed by atoms with Crippen LogP contribution in [0.4, 0.5) is 4.39 Å². The van der Waals surface area contributed by atoms with E-state index in [0.717, 1.165) is 11.1 Å². The second-order valence-corrected chi connectivity index (χ2v) is 6.51. The van der Waals surface area contributed by atoms with Gasteiger partial charge < -0.3 is 14.8 Å². The van der Waals surface area contributed by atoms with Crippen LogP contribution in [0, 0.1) is 5.82 Å². The molecular formula is C19H22FNO3S. The van der Waals surface area contributed by atoms with E-state index in [-0.39, 0.29) is 17.8 Å². The zero-order valence-corrected chi connectivity index (χ0v) is 15.4. The fourth-order valence-electron chi connectivity index (χ4n) is 2.33. The number of ether oxygens (including phenoxy) is 2. The summed E-state index contributed by atoms with van der Waals surface area (Å²) in [6, 6.07) is 11.7. The summed E-state index contributed by atoms with van der Waals surface area (Å²) in [6.07, 6.45) is 0. The van der Waals surface area contributed by atoms with E-state index in [1.54, 1.807) is 26.4 Å². The van der Waals surface area contributed by atoms with Crippen molar-refractivity contribution in [2.45, 2.75) is 18.7 Å². The van der Waals surface area contributed by atoms with Crippen LogP contribution >= 0.6 is 11.8 Å². The molecule has 0 radical (unpaired) electrons. The van der Waals surface area contributed by atoms with Crippen LogP contribution in [0.5, 0.6) is 11.5 Å². The van der Waals surface area contributed by atoms with Gasteiger partial charge >= 0.3 is 0 Å². The standard InChI is InChI=1S/C19H22FNO3S/c1-13(15-6-9-17(23-2)18(10-15)24-3)21-19(22)12-25-11-14-4-7-16(20)8-5-14/h4-10,13H,11-12H2,1-3H3,(H,21,22). The van der Waals surface area contributed by atoms with E-state index in [4.69, 9.17) is 9.47 Å². The van der Waals surface area contributed by atoms with Crippen molar-refractivity contribution in [2.75, 3.05) is 20.0 Å². The Kier molecular flexibility index (Phi) is 7.13. The Bertz CT molecular complexity index is 706. The van der Waals surface area contributed by atoms with Crippen LogP contribution in [0.25, 0.3) is 0 Å². The van der Waals surface area contributed by atoms with Gasteiger partial charge in [0.15, 0.2) is 11.5 Å². The molecule has 1 amide bonds. The van der Waals surface area contributed by atoms with E-state index in [1.165, 1.54) is 23.9 Å². The topological polar surface area (TPSA) is 47.6 Å². The van der Waals surface area contributed by atoms with Crippen molar-refractivity contribution in [1.29, 1.82) is 0 Å². The fraction of sp³-hybridized carbons (Fsp3) is 0.316. The fourth-order valence-corrected chi connectivity index (χ4v) is 3.13. The molecule has 0 aliphatic rings. The van der Waals surface area contributed by atoms with Gasteiger partial charge in [-0.2, -0.15) is 0 Å². The maximum Gasteiger partial charge on any atom is 0.230 e. The zero-order valence-electron chi connectivity index (χ0n) is 14.5. The minimum absolute atomic E-state index is 0.0469. The number of amides is 1. The molecule has 1 atom stereocenters. The number of hydrogen-bond donors (Lipinski definition) is 1. The van der Waals surface area contributed by atoms with Crippen molar-refractivity contribution in [3.63, 3.8) is 0 Å². The Morgan fingerprint density at radius 3 is 2.44 bits per heavy atom. The summed E-state index contributed by atoms with van der Waals surface area (Å²) in [5.41, 5.74) is 1.93. The van der Waals surface area contributed by atoms with E-state index in [0.29, 0.717) is 23.0 Å². The summed E-state index contributed by atoms with van der Waals surface area (Å²) in [6.45, 7) is 1.92. The largest absolute Gasteiger partial charge is 0.493 e. The van der Waals surface area contributed by atoms with E-state index in [2.05, 4.69) is 5.32 Å². The van der Waals surface area contributed by atoms with Gasteiger partial charge in [0.2, 0.25) is 5.91 Å². The molecule has 0 saturated carbocycles. The van der Waals surface area contributed by atoms with E-state index >= 15 is 0 Å². The quantitative estimate of drug-likeness (QED) is 0.771. The van der Waals surface area contributed by atoms with Gasteiger partial charge in [0, 0.05) is 5.75 Å². The average molecular weight is 363 g/mol. The molecule has 1 unspecified atom stereocenters. The lowest BCUT2D eigenvalue weighted by Gasteiger charge is -2.16. The molecule has 1 N–H and O–H groups in total. The Morgan fingerprint density at radius 1 is 1.12 bits per heavy atom. The highest BCUT2D eigenvalue weighted by Gasteiger charge is 2.12. The van der Waals surface area contributed by atoms with Crippen LogP contribution in [0.15, 0.2) is 42.5 Å². The Hall–Kier alpha value is -2.21. The van der Waals surface area contributed by atoms with Gasteiger partial charge in [0.1, 0.15) is 5.82 Å². The molecule has 0 heterocycles. The van der Waals surface area contributed by atoms with Gasteiger partial charge in [-0.05, 0) is 42.3 Å². The first-order valence-electron chi connectivity index (χ1n) is 7.87. The number of thioether (sulfide) groups is 1.